The summed E-state index contributed by atoms with van der Waals surface area (Å²) in [5.41, 5.74) is 0.668. The number of hydrogen-bond donors (Lipinski definition) is 1. The van der Waals surface area contributed by atoms with Crippen LogP contribution in [0.15, 0.2) is 35.1 Å². The second-order valence-corrected chi connectivity index (χ2v) is 3.93. The number of carboxylic acids is 1. The van der Waals surface area contributed by atoms with Crippen LogP contribution >= 0.6 is 15.9 Å². The van der Waals surface area contributed by atoms with E-state index < -0.39 is 5.97 Å². The lowest BCUT2D eigenvalue weighted by Gasteiger charge is -2.01. The van der Waals surface area contributed by atoms with E-state index in [0.29, 0.717) is 10.2 Å². The fourth-order valence-corrected chi connectivity index (χ4v) is 1.57. The van der Waals surface area contributed by atoms with E-state index in [1.54, 1.807) is 0 Å². The topological polar surface area (TPSA) is 55.1 Å². The van der Waals surface area contributed by atoms with E-state index in [-0.39, 0.29) is 11.4 Å². The van der Waals surface area contributed by atoms with E-state index in [2.05, 4.69) is 21.0 Å². The van der Waals surface area contributed by atoms with E-state index in [4.69, 9.17) is 5.11 Å². The van der Waals surface area contributed by atoms with Crippen molar-refractivity contribution in [2.24, 2.45) is 0 Å². The molecule has 2 aromatic rings. The second-order valence-electron chi connectivity index (χ2n) is 3.08. The van der Waals surface area contributed by atoms with Crippen molar-refractivity contribution in [3.8, 4) is 5.69 Å². The fourth-order valence-electron chi connectivity index (χ4n) is 1.20. The minimum absolute atomic E-state index is 0.0837. The quantitative estimate of drug-likeness (QED) is 0.922. The summed E-state index contributed by atoms with van der Waals surface area (Å²) in [6, 6.07) is 4.31. The van der Waals surface area contributed by atoms with Gasteiger partial charge in [0.05, 0.1) is 21.9 Å². The van der Waals surface area contributed by atoms with E-state index >= 15 is 0 Å². The number of rotatable bonds is 2. The van der Waals surface area contributed by atoms with Gasteiger partial charge in [0.1, 0.15) is 5.82 Å². The van der Waals surface area contributed by atoms with Gasteiger partial charge >= 0.3 is 5.97 Å². The maximum Gasteiger partial charge on any atom is 0.338 e. The SMILES string of the molecule is O=C(O)c1cnn(-c2ccc(F)c(Br)c2)c1. The van der Waals surface area contributed by atoms with Crippen molar-refractivity contribution in [3.05, 3.63) is 46.4 Å². The normalized spacial score (nSPS) is 10.4. The van der Waals surface area contributed by atoms with Crippen LogP contribution in [0, 0.1) is 5.82 Å². The predicted molar refractivity (Wildman–Crippen MR) is 58.2 cm³/mol. The Kier molecular flexibility index (Phi) is 2.74. The van der Waals surface area contributed by atoms with Crippen LogP contribution in [-0.4, -0.2) is 20.9 Å². The number of benzene rings is 1. The number of carbonyl (C=O) groups is 1. The van der Waals surface area contributed by atoms with E-state index in [0.717, 1.165) is 0 Å². The van der Waals surface area contributed by atoms with Gasteiger partial charge in [-0.15, -0.1) is 0 Å². The maximum absolute atomic E-state index is 13.0. The summed E-state index contributed by atoms with van der Waals surface area (Å²) in [5, 5.41) is 12.6. The van der Waals surface area contributed by atoms with Gasteiger partial charge in [0, 0.05) is 6.20 Å². The lowest BCUT2D eigenvalue weighted by atomic mass is 10.3. The van der Waals surface area contributed by atoms with Crippen LogP contribution < -0.4 is 0 Å². The smallest absolute Gasteiger partial charge is 0.338 e. The Balaban J connectivity index is 2.42. The molecule has 1 aromatic carbocycles. The van der Waals surface area contributed by atoms with Gasteiger partial charge in [0.15, 0.2) is 0 Å². The zero-order valence-electron chi connectivity index (χ0n) is 7.89. The van der Waals surface area contributed by atoms with Gasteiger partial charge in [-0.05, 0) is 34.1 Å². The molecule has 0 saturated heterocycles. The highest BCUT2D eigenvalue weighted by molar-refractivity contribution is 9.10. The standard InChI is InChI=1S/C10H6BrFN2O2/c11-8-3-7(1-2-9(8)12)14-5-6(4-13-14)10(15)16/h1-5H,(H,15,16). The third-order valence-electron chi connectivity index (χ3n) is 2.00. The largest absolute Gasteiger partial charge is 0.478 e. The minimum Gasteiger partial charge on any atom is -0.478 e. The van der Waals surface area contributed by atoms with Crippen molar-refractivity contribution in [2.75, 3.05) is 0 Å². The summed E-state index contributed by atoms with van der Waals surface area (Å²) in [5.74, 6) is -1.43. The number of nitrogens with zero attached hydrogens (tertiary/aromatic N) is 2. The Morgan fingerprint density at radius 3 is 2.81 bits per heavy atom. The molecule has 0 saturated carbocycles. The predicted octanol–water partition coefficient (Wildman–Crippen LogP) is 2.47. The summed E-state index contributed by atoms with van der Waals surface area (Å²) >= 11 is 3.05. The Bertz CT molecular complexity index is 554. The van der Waals surface area contributed by atoms with Crippen molar-refractivity contribution in [3.63, 3.8) is 0 Å². The third-order valence-corrected chi connectivity index (χ3v) is 2.60. The molecule has 0 radical (unpaired) electrons. The average Bonchev–Trinajstić information content (AvgIpc) is 2.71. The van der Waals surface area contributed by atoms with Gasteiger partial charge in [0.2, 0.25) is 0 Å². The molecule has 0 aliphatic heterocycles. The molecule has 82 valence electrons. The summed E-state index contributed by atoms with van der Waals surface area (Å²) < 4.78 is 14.6. The Hall–Kier alpha value is -1.69. The molecule has 2 rings (SSSR count). The Morgan fingerprint density at radius 2 is 2.25 bits per heavy atom. The molecule has 0 aliphatic rings. The molecule has 1 heterocycles. The summed E-state index contributed by atoms with van der Waals surface area (Å²) in [7, 11) is 0. The monoisotopic (exact) mass is 284 g/mol. The van der Waals surface area contributed by atoms with Crippen molar-refractivity contribution in [1.29, 1.82) is 0 Å². The number of halogens is 2. The van der Waals surface area contributed by atoms with Crippen molar-refractivity contribution < 1.29 is 14.3 Å². The summed E-state index contributed by atoms with van der Waals surface area (Å²) in [6.45, 7) is 0. The molecule has 0 amide bonds. The number of hydrogen-bond acceptors (Lipinski definition) is 2. The van der Waals surface area contributed by atoms with Gasteiger partial charge in [-0.1, -0.05) is 0 Å². The minimum atomic E-state index is -1.05. The number of carboxylic acid groups (broad SMARTS) is 1. The second kappa shape index (κ2) is 4.05. The van der Waals surface area contributed by atoms with Crippen LogP contribution in [0.5, 0.6) is 0 Å². The van der Waals surface area contributed by atoms with Gasteiger partial charge in [-0.25, -0.2) is 13.9 Å². The lowest BCUT2D eigenvalue weighted by Crippen LogP contribution is -1.96. The van der Waals surface area contributed by atoms with Crippen molar-refractivity contribution in [2.45, 2.75) is 0 Å². The van der Waals surface area contributed by atoms with Gasteiger partial charge in [0.25, 0.3) is 0 Å². The van der Waals surface area contributed by atoms with Crippen LogP contribution in [0.2, 0.25) is 0 Å². The molecule has 0 fully saturated rings. The molecule has 0 unspecified atom stereocenters. The highest BCUT2D eigenvalue weighted by Gasteiger charge is 2.08. The Morgan fingerprint density at radius 1 is 1.50 bits per heavy atom. The highest BCUT2D eigenvalue weighted by atomic mass is 79.9. The third kappa shape index (κ3) is 1.96. The van der Waals surface area contributed by atoms with Crippen LogP contribution in [0.1, 0.15) is 10.4 Å². The van der Waals surface area contributed by atoms with E-state index in [1.165, 1.54) is 35.3 Å². The lowest BCUT2D eigenvalue weighted by molar-refractivity contribution is 0.0697. The van der Waals surface area contributed by atoms with Crippen LogP contribution in [-0.2, 0) is 0 Å². The molecular formula is C10H6BrFN2O2. The first-order valence-corrected chi connectivity index (χ1v) is 5.10. The molecule has 0 spiro atoms. The van der Waals surface area contributed by atoms with Gasteiger partial charge < -0.3 is 5.11 Å². The van der Waals surface area contributed by atoms with E-state index in [1.807, 2.05) is 0 Å². The first-order chi connectivity index (χ1) is 7.58. The van der Waals surface area contributed by atoms with Crippen LogP contribution in [0.25, 0.3) is 5.69 Å². The van der Waals surface area contributed by atoms with Crippen molar-refractivity contribution in [1.82, 2.24) is 9.78 Å². The van der Waals surface area contributed by atoms with Gasteiger partial charge in [-0.2, -0.15) is 5.10 Å². The van der Waals surface area contributed by atoms with Crippen molar-refractivity contribution >= 4 is 21.9 Å². The number of aromatic carboxylic acids is 1. The first kappa shape index (κ1) is 10.8. The molecule has 0 atom stereocenters. The summed E-state index contributed by atoms with van der Waals surface area (Å²) in [6.07, 6.45) is 2.60. The molecule has 16 heavy (non-hydrogen) atoms. The molecule has 4 nitrogen and oxygen atoms in total. The van der Waals surface area contributed by atoms with Crippen LogP contribution in [0.4, 0.5) is 4.39 Å². The van der Waals surface area contributed by atoms with Crippen LogP contribution in [0.3, 0.4) is 0 Å². The molecule has 0 bridgehead atoms. The fraction of sp³-hybridized carbons (Fsp3) is 0. The molecule has 1 aromatic heterocycles. The molecule has 6 heteroatoms. The summed E-state index contributed by atoms with van der Waals surface area (Å²) in [4.78, 5) is 10.6. The molecule has 1 N–H and O–H groups in total. The maximum atomic E-state index is 13.0. The van der Waals surface area contributed by atoms with E-state index in [9.17, 15) is 9.18 Å². The zero-order valence-corrected chi connectivity index (χ0v) is 9.48. The molecule has 0 aliphatic carbocycles. The highest BCUT2D eigenvalue weighted by Crippen LogP contribution is 2.19. The molecular weight excluding hydrogens is 279 g/mol. The average molecular weight is 285 g/mol. The Labute approximate surface area is 98.4 Å². The zero-order chi connectivity index (χ0) is 11.7. The first-order valence-electron chi connectivity index (χ1n) is 4.31. The van der Waals surface area contributed by atoms with Gasteiger partial charge in [-0.3, -0.25) is 0 Å². The number of aromatic nitrogens is 2.